The van der Waals surface area contributed by atoms with Crippen LogP contribution in [0.3, 0.4) is 0 Å². The van der Waals surface area contributed by atoms with Crippen LogP contribution >= 0.6 is 15.9 Å². The molecule has 0 saturated heterocycles. The summed E-state index contributed by atoms with van der Waals surface area (Å²) >= 11 is 3.40. The van der Waals surface area contributed by atoms with Crippen molar-refractivity contribution in [2.45, 2.75) is 32.0 Å². The molecule has 0 amide bonds. The van der Waals surface area contributed by atoms with Crippen LogP contribution in [0.2, 0.25) is 0 Å². The van der Waals surface area contributed by atoms with Gasteiger partial charge in [-0.2, -0.15) is 0 Å². The molecule has 0 atom stereocenters. The standard InChI is InChI=1S/C14H16BrN3/c15-12-1-2-14(17-8-12)10-18-6-5-11(9-18)7-16-13-3-4-13/h1-2,5-6,8-9,13,16H,3-4,7,10H2. The lowest BCUT2D eigenvalue weighted by Gasteiger charge is -2.03. The number of nitrogens with one attached hydrogen (secondary N) is 1. The van der Waals surface area contributed by atoms with E-state index in [-0.39, 0.29) is 0 Å². The molecule has 2 aromatic rings. The van der Waals surface area contributed by atoms with Gasteiger partial charge in [-0.25, -0.2) is 0 Å². The SMILES string of the molecule is Brc1ccc(Cn2ccc(CNC3CC3)c2)nc1. The topological polar surface area (TPSA) is 29.9 Å². The summed E-state index contributed by atoms with van der Waals surface area (Å²) in [5, 5.41) is 3.52. The van der Waals surface area contributed by atoms with Crippen molar-refractivity contribution in [3.63, 3.8) is 0 Å². The first-order chi connectivity index (χ1) is 8.79. The van der Waals surface area contributed by atoms with Crippen molar-refractivity contribution in [3.05, 3.63) is 52.5 Å². The van der Waals surface area contributed by atoms with E-state index < -0.39 is 0 Å². The van der Waals surface area contributed by atoms with Gasteiger partial charge in [0.15, 0.2) is 0 Å². The van der Waals surface area contributed by atoms with Crippen LogP contribution in [0.5, 0.6) is 0 Å². The van der Waals surface area contributed by atoms with Crippen molar-refractivity contribution in [1.29, 1.82) is 0 Å². The van der Waals surface area contributed by atoms with Crippen LogP contribution in [0.15, 0.2) is 41.3 Å². The first-order valence-electron chi connectivity index (χ1n) is 6.28. The number of aromatic nitrogens is 2. The van der Waals surface area contributed by atoms with Crippen LogP contribution < -0.4 is 5.32 Å². The summed E-state index contributed by atoms with van der Waals surface area (Å²) in [6, 6.07) is 7.02. The fourth-order valence-corrected chi connectivity index (χ4v) is 2.16. The van der Waals surface area contributed by atoms with Crippen molar-refractivity contribution in [3.8, 4) is 0 Å². The minimum absolute atomic E-state index is 0.765. The van der Waals surface area contributed by atoms with Crippen molar-refractivity contribution in [2.75, 3.05) is 0 Å². The summed E-state index contributed by atoms with van der Waals surface area (Å²) in [4.78, 5) is 4.38. The molecular weight excluding hydrogens is 290 g/mol. The Kier molecular flexibility index (Phi) is 3.48. The first kappa shape index (κ1) is 11.9. The van der Waals surface area contributed by atoms with E-state index in [0.717, 1.165) is 29.3 Å². The van der Waals surface area contributed by atoms with Crippen LogP contribution in [0, 0.1) is 0 Å². The molecule has 18 heavy (non-hydrogen) atoms. The summed E-state index contributed by atoms with van der Waals surface area (Å²) < 4.78 is 3.20. The average Bonchev–Trinajstić information content (AvgIpc) is 3.10. The molecule has 0 spiro atoms. The molecule has 3 rings (SSSR count). The summed E-state index contributed by atoms with van der Waals surface area (Å²) in [5.74, 6) is 0. The molecule has 2 heterocycles. The van der Waals surface area contributed by atoms with Crippen LogP contribution in [0.1, 0.15) is 24.1 Å². The van der Waals surface area contributed by atoms with Crippen molar-refractivity contribution >= 4 is 15.9 Å². The maximum atomic E-state index is 4.38. The van der Waals surface area contributed by atoms with Gasteiger partial charge in [-0.1, -0.05) is 0 Å². The summed E-state index contributed by atoms with van der Waals surface area (Å²) in [5.41, 5.74) is 2.43. The zero-order valence-corrected chi connectivity index (χ0v) is 11.7. The van der Waals surface area contributed by atoms with Gasteiger partial charge < -0.3 is 9.88 Å². The Morgan fingerprint density at radius 2 is 2.22 bits per heavy atom. The largest absolute Gasteiger partial charge is 0.348 e. The summed E-state index contributed by atoms with van der Waals surface area (Å²) in [7, 11) is 0. The third kappa shape index (κ3) is 3.21. The molecule has 1 aliphatic carbocycles. The molecule has 0 radical (unpaired) electrons. The Balaban J connectivity index is 1.60. The Bertz CT molecular complexity index is 514. The van der Waals surface area contributed by atoms with E-state index in [0.29, 0.717) is 0 Å². The van der Waals surface area contributed by atoms with Gasteiger partial charge in [-0.05, 0) is 52.5 Å². The van der Waals surface area contributed by atoms with Crippen molar-refractivity contribution in [2.24, 2.45) is 0 Å². The van der Waals surface area contributed by atoms with Gasteiger partial charge in [0, 0.05) is 35.6 Å². The maximum absolute atomic E-state index is 4.38. The van der Waals surface area contributed by atoms with Gasteiger partial charge >= 0.3 is 0 Å². The highest BCUT2D eigenvalue weighted by Crippen LogP contribution is 2.19. The molecule has 94 valence electrons. The lowest BCUT2D eigenvalue weighted by molar-refractivity contribution is 0.684. The van der Waals surface area contributed by atoms with E-state index in [9.17, 15) is 0 Å². The number of rotatable bonds is 5. The highest BCUT2D eigenvalue weighted by atomic mass is 79.9. The van der Waals surface area contributed by atoms with Gasteiger partial charge in [-0.3, -0.25) is 4.98 Å². The van der Waals surface area contributed by atoms with Crippen LogP contribution in [-0.2, 0) is 13.1 Å². The Morgan fingerprint density at radius 1 is 1.33 bits per heavy atom. The molecular formula is C14H16BrN3. The molecule has 3 nitrogen and oxygen atoms in total. The summed E-state index contributed by atoms with van der Waals surface area (Å²) in [6.45, 7) is 1.81. The highest BCUT2D eigenvalue weighted by molar-refractivity contribution is 9.10. The van der Waals surface area contributed by atoms with Gasteiger partial charge in [-0.15, -0.1) is 0 Å². The minimum atomic E-state index is 0.765. The second-order valence-corrected chi connectivity index (χ2v) is 5.73. The number of hydrogen-bond donors (Lipinski definition) is 1. The van der Waals surface area contributed by atoms with Crippen LogP contribution in [0.25, 0.3) is 0 Å². The fraction of sp³-hybridized carbons (Fsp3) is 0.357. The Labute approximate surface area is 115 Å². The third-order valence-electron chi connectivity index (χ3n) is 3.12. The zero-order valence-electron chi connectivity index (χ0n) is 10.1. The number of halogens is 1. The molecule has 2 aromatic heterocycles. The fourth-order valence-electron chi connectivity index (χ4n) is 1.93. The molecule has 1 aliphatic rings. The normalized spacial score (nSPS) is 14.9. The predicted molar refractivity (Wildman–Crippen MR) is 75.3 cm³/mol. The smallest absolute Gasteiger partial charge is 0.0642 e. The molecule has 0 aliphatic heterocycles. The van der Waals surface area contributed by atoms with Crippen LogP contribution in [0.4, 0.5) is 0 Å². The molecule has 1 fully saturated rings. The quantitative estimate of drug-likeness (QED) is 0.920. The summed E-state index contributed by atoms with van der Waals surface area (Å²) in [6.07, 6.45) is 8.83. The van der Waals surface area contributed by atoms with Gasteiger partial charge in [0.05, 0.1) is 12.2 Å². The molecule has 0 unspecified atom stereocenters. The second-order valence-electron chi connectivity index (χ2n) is 4.82. The van der Waals surface area contributed by atoms with E-state index >= 15 is 0 Å². The molecule has 1 N–H and O–H groups in total. The lowest BCUT2D eigenvalue weighted by Crippen LogP contribution is -2.14. The number of hydrogen-bond acceptors (Lipinski definition) is 2. The Hall–Kier alpha value is -1.13. The van der Waals surface area contributed by atoms with E-state index in [1.165, 1.54) is 18.4 Å². The Morgan fingerprint density at radius 3 is 2.94 bits per heavy atom. The zero-order chi connectivity index (χ0) is 12.4. The maximum Gasteiger partial charge on any atom is 0.0642 e. The van der Waals surface area contributed by atoms with Crippen LogP contribution in [-0.4, -0.2) is 15.6 Å². The minimum Gasteiger partial charge on any atom is -0.348 e. The van der Waals surface area contributed by atoms with E-state index in [1.807, 2.05) is 18.3 Å². The highest BCUT2D eigenvalue weighted by Gasteiger charge is 2.19. The van der Waals surface area contributed by atoms with Crippen molar-refractivity contribution < 1.29 is 0 Å². The first-order valence-corrected chi connectivity index (χ1v) is 7.07. The van der Waals surface area contributed by atoms with Gasteiger partial charge in [0.2, 0.25) is 0 Å². The molecule has 0 bridgehead atoms. The predicted octanol–water partition coefficient (Wildman–Crippen LogP) is 2.95. The molecule has 1 saturated carbocycles. The monoisotopic (exact) mass is 305 g/mol. The average molecular weight is 306 g/mol. The number of pyridine rings is 1. The van der Waals surface area contributed by atoms with E-state index in [2.05, 4.69) is 49.3 Å². The molecule has 4 heteroatoms. The van der Waals surface area contributed by atoms with Crippen molar-refractivity contribution in [1.82, 2.24) is 14.9 Å². The second kappa shape index (κ2) is 5.24. The van der Waals surface area contributed by atoms with Gasteiger partial charge in [0.25, 0.3) is 0 Å². The lowest BCUT2D eigenvalue weighted by atomic mass is 10.3. The third-order valence-corrected chi connectivity index (χ3v) is 3.59. The van der Waals surface area contributed by atoms with Gasteiger partial charge in [0.1, 0.15) is 0 Å². The number of nitrogens with zero attached hydrogens (tertiary/aromatic N) is 2. The van der Waals surface area contributed by atoms with E-state index in [1.54, 1.807) is 0 Å². The molecule has 0 aromatic carbocycles. The van der Waals surface area contributed by atoms with E-state index in [4.69, 9.17) is 0 Å².